The molecule has 1 aromatic heterocycles. The molecule has 1 rings (SSSR count). The third kappa shape index (κ3) is 2.79. The van der Waals surface area contributed by atoms with Gasteiger partial charge >= 0.3 is 6.98 Å². The van der Waals surface area contributed by atoms with E-state index in [1.165, 1.54) is 10.7 Å². The Kier molecular flexibility index (Phi) is 2.68. The third-order valence-electron chi connectivity index (χ3n) is 1.73. The maximum absolute atomic E-state index is 12.1. The van der Waals surface area contributed by atoms with Gasteiger partial charge < -0.3 is 12.9 Å². The lowest BCUT2D eigenvalue weighted by atomic mass is 9.84. The van der Waals surface area contributed by atoms with Crippen molar-refractivity contribution in [3.63, 3.8) is 0 Å². The molecule has 0 atom stereocenters. The second-order valence-corrected chi connectivity index (χ2v) is 3.01. The Hall–Kier alpha value is -0.935. The second kappa shape index (κ2) is 3.43. The Bertz CT molecular complexity index is 292. The summed E-state index contributed by atoms with van der Waals surface area (Å²) in [6, 6.07) is 1.48. The predicted octanol–water partition coefficient (Wildman–Crippen LogP) is 2.14. The van der Waals surface area contributed by atoms with Crippen LogP contribution in [0, 0.1) is 6.92 Å². The topological polar surface area (TPSA) is 17.8 Å². The van der Waals surface area contributed by atoms with Crippen molar-refractivity contribution in [3.05, 3.63) is 17.5 Å². The summed E-state index contributed by atoms with van der Waals surface area (Å²) in [5.41, 5.74) is 0.893. The van der Waals surface area contributed by atoms with Crippen LogP contribution in [0.4, 0.5) is 12.9 Å². The van der Waals surface area contributed by atoms with Crippen LogP contribution in [-0.2, 0) is 12.9 Å². The summed E-state index contributed by atoms with van der Waals surface area (Å²) in [4.78, 5) is 0. The molecule has 0 saturated carbocycles. The minimum absolute atomic E-state index is 0.257. The van der Waals surface area contributed by atoms with Gasteiger partial charge in [-0.25, -0.2) is 0 Å². The zero-order chi connectivity index (χ0) is 10.1. The van der Waals surface area contributed by atoms with E-state index in [-0.39, 0.29) is 5.69 Å². The molecule has 0 unspecified atom stereocenters. The van der Waals surface area contributed by atoms with Crippen LogP contribution in [-0.4, -0.2) is 16.8 Å². The van der Waals surface area contributed by atoms with E-state index in [2.05, 4.69) is 5.10 Å². The Morgan fingerprint density at radius 3 is 2.54 bits per heavy atom. The first-order chi connectivity index (χ1) is 5.92. The molecular weight excluding hydrogens is 180 g/mol. The average Bonchev–Trinajstić information content (AvgIpc) is 2.27. The molecule has 13 heavy (non-hydrogen) atoms. The van der Waals surface area contributed by atoms with E-state index >= 15 is 0 Å². The van der Waals surface area contributed by atoms with Crippen LogP contribution < -0.4 is 0 Å². The van der Waals surface area contributed by atoms with Crippen LogP contribution in [0.25, 0.3) is 0 Å². The molecule has 0 aliphatic heterocycles. The lowest BCUT2D eigenvalue weighted by molar-refractivity contribution is 0.461. The number of nitrogens with zero attached hydrogens (tertiary/aromatic N) is 2. The fourth-order valence-corrected chi connectivity index (χ4v) is 1.27. The lowest BCUT2D eigenvalue weighted by Crippen LogP contribution is -2.21. The van der Waals surface area contributed by atoms with E-state index in [9.17, 15) is 12.9 Å². The Morgan fingerprint density at radius 2 is 2.08 bits per heavy atom. The molecule has 2 nitrogen and oxygen atoms in total. The Balaban J connectivity index is 2.87. The molecule has 6 heteroatoms. The SMILES string of the molecule is CCn1nc(C)cc1C[B-](F)(F)F. The number of aromatic nitrogens is 2. The maximum atomic E-state index is 12.1. The van der Waals surface area contributed by atoms with Crippen LogP contribution in [0.3, 0.4) is 0 Å². The number of hydrogen-bond acceptors (Lipinski definition) is 1. The molecule has 0 aliphatic rings. The molecule has 0 fully saturated rings. The number of aryl methyl sites for hydroxylation is 2. The van der Waals surface area contributed by atoms with Gasteiger partial charge in [-0.2, -0.15) is 5.10 Å². The normalized spacial score (nSPS) is 12.1. The summed E-state index contributed by atoms with van der Waals surface area (Å²) in [7, 11) is 0. The molecule has 1 heterocycles. The molecule has 0 bridgehead atoms. The highest BCUT2D eigenvalue weighted by Crippen LogP contribution is 2.16. The highest BCUT2D eigenvalue weighted by molar-refractivity contribution is 6.57. The first-order valence-electron chi connectivity index (χ1n) is 4.16. The summed E-state index contributed by atoms with van der Waals surface area (Å²) in [5.74, 6) is 0. The Labute approximate surface area is 74.8 Å². The predicted molar refractivity (Wildman–Crippen MR) is 45.4 cm³/mol. The molecular formula is C7H11BF3N2-. The lowest BCUT2D eigenvalue weighted by Gasteiger charge is -2.13. The van der Waals surface area contributed by atoms with Gasteiger partial charge in [0.05, 0.1) is 5.69 Å². The van der Waals surface area contributed by atoms with Crippen molar-refractivity contribution in [2.75, 3.05) is 0 Å². The zero-order valence-corrected chi connectivity index (χ0v) is 7.60. The quantitative estimate of drug-likeness (QED) is 0.669. The van der Waals surface area contributed by atoms with Crippen molar-refractivity contribution in [3.8, 4) is 0 Å². The van der Waals surface area contributed by atoms with Gasteiger partial charge in [0, 0.05) is 12.2 Å². The van der Waals surface area contributed by atoms with Crippen LogP contribution in [0.2, 0.25) is 0 Å². The molecule has 1 aromatic rings. The second-order valence-electron chi connectivity index (χ2n) is 3.01. The Morgan fingerprint density at radius 1 is 1.46 bits per heavy atom. The van der Waals surface area contributed by atoms with Crippen LogP contribution >= 0.6 is 0 Å². The molecule has 74 valence electrons. The number of rotatable bonds is 3. The van der Waals surface area contributed by atoms with Gasteiger partial charge in [-0.05, 0) is 26.2 Å². The monoisotopic (exact) mass is 191 g/mol. The largest absolute Gasteiger partial charge is 0.484 e. The minimum atomic E-state index is -4.76. The summed E-state index contributed by atoms with van der Waals surface area (Å²) in [6.07, 6.45) is -0.839. The number of halogens is 3. The first kappa shape index (κ1) is 10.1. The molecule has 0 N–H and O–H groups in total. The maximum Gasteiger partial charge on any atom is 0.484 e. The smallest absolute Gasteiger partial charge is 0.449 e. The van der Waals surface area contributed by atoms with Crippen molar-refractivity contribution < 1.29 is 12.9 Å². The van der Waals surface area contributed by atoms with E-state index in [4.69, 9.17) is 0 Å². The summed E-state index contributed by atoms with van der Waals surface area (Å²) >= 11 is 0. The van der Waals surface area contributed by atoms with Gasteiger partial charge in [0.25, 0.3) is 0 Å². The average molecular weight is 191 g/mol. The zero-order valence-electron chi connectivity index (χ0n) is 7.60. The molecule has 0 saturated heterocycles. The summed E-state index contributed by atoms with van der Waals surface area (Å²) in [5, 5.41) is 3.94. The molecule has 0 radical (unpaired) electrons. The summed E-state index contributed by atoms with van der Waals surface area (Å²) in [6.45, 7) is -0.804. The van der Waals surface area contributed by atoms with Crippen LogP contribution in [0.5, 0.6) is 0 Å². The fourth-order valence-electron chi connectivity index (χ4n) is 1.27. The highest BCUT2D eigenvalue weighted by atomic mass is 19.4. The van der Waals surface area contributed by atoms with Crippen LogP contribution in [0.15, 0.2) is 6.07 Å². The van der Waals surface area contributed by atoms with Crippen LogP contribution in [0.1, 0.15) is 18.3 Å². The van der Waals surface area contributed by atoms with Gasteiger partial charge in [-0.1, -0.05) is 0 Å². The first-order valence-corrected chi connectivity index (χ1v) is 4.16. The molecule has 0 aromatic carbocycles. The van der Waals surface area contributed by atoms with Crippen molar-refractivity contribution in [2.24, 2.45) is 0 Å². The van der Waals surface area contributed by atoms with Gasteiger partial charge in [0.2, 0.25) is 0 Å². The van der Waals surface area contributed by atoms with Crippen molar-refractivity contribution in [1.29, 1.82) is 0 Å². The van der Waals surface area contributed by atoms with Crippen molar-refractivity contribution in [2.45, 2.75) is 26.7 Å². The molecule has 0 amide bonds. The number of hydrogen-bond donors (Lipinski definition) is 0. The summed E-state index contributed by atoms with van der Waals surface area (Å²) < 4.78 is 37.7. The highest BCUT2D eigenvalue weighted by Gasteiger charge is 2.25. The van der Waals surface area contributed by atoms with E-state index in [0.29, 0.717) is 12.2 Å². The van der Waals surface area contributed by atoms with E-state index < -0.39 is 13.3 Å². The van der Waals surface area contributed by atoms with E-state index in [1.54, 1.807) is 13.8 Å². The van der Waals surface area contributed by atoms with Crippen molar-refractivity contribution in [1.82, 2.24) is 9.78 Å². The molecule has 0 spiro atoms. The van der Waals surface area contributed by atoms with Gasteiger partial charge in [-0.3, -0.25) is 4.68 Å². The molecule has 0 aliphatic carbocycles. The fraction of sp³-hybridized carbons (Fsp3) is 0.571. The minimum Gasteiger partial charge on any atom is -0.449 e. The van der Waals surface area contributed by atoms with Gasteiger partial charge in [-0.15, -0.1) is 0 Å². The van der Waals surface area contributed by atoms with Crippen molar-refractivity contribution >= 4 is 6.98 Å². The van der Waals surface area contributed by atoms with Gasteiger partial charge in [0.1, 0.15) is 0 Å². The third-order valence-corrected chi connectivity index (χ3v) is 1.73. The standard InChI is InChI=1S/C7H11BF3N2/c1-3-13-7(4-6(2)12-13)5-8(9,10)11/h4H,3,5H2,1-2H3/q-1. The van der Waals surface area contributed by atoms with Gasteiger partial charge in [0.15, 0.2) is 0 Å². The van der Waals surface area contributed by atoms with E-state index in [0.717, 1.165) is 0 Å². The van der Waals surface area contributed by atoms with E-state index in [1.807, 2.05) is 0 Å².